The number of thioether (sulfide) groups is 1. The number of hydrazine groups is 1. The highest BCUT2D eigenvalue weighted by atomic mass is 32.2. The summed E-state index contributed by atoms with van der Waals surface area (Å²) in [6, 6.07) is 2.38. The van der Waals surface area contributed by atoms with Gasteiger partial charge in [-0.05, 0) is 18.6 Å². The van der Waals surface area contributed by atoms with E-state index >= 15 is 0 Å². The summed E-state index contributed by atoms with van der Waals surface area (Å²) < 4.78 is 0. The molecule has 1 fully saturated rings. The third-order valence-electron chi connectivity index (χ3n) is 2.48. The highest BCUT2D eigenvalue weighted by Crippen LogP contribution is 2.32. The van der Waals surface area contributed by atoms with E-state index in [4.69, 9.17) is 5.84 Å². The number of rotatable bonds is 4. The van der Waals surface area contributed by atoms with E-state index in [1.54, 1.807) is 0 Å². The van der Waals surface area contributed by atoms with Crippen LogP contribution in [0.4, 0.5) is 11.6 Å². The summed E-state index contributed by atoms with van der Waals surface area (Å²) >= 11 is 1.50. The van der Waals surface area contributed by atoms with Gasteiger partial charge in [-0.2, -0.15) is 0 Å². The zero-order valence-corrected chi connectivity index (χ0v) is 9.64. The molecule has 0 radical (unpaired) electrons. The molecule has 0 bridgehead atoms. The zero-order valence-electron chi connectivity index (χ0n) is 8.82. The third kappa shape index (κ3) is 2.51. The standard InChI is InChI=1S/C9H15N5S/c1-5-3-6(5)11-7-4-8(14-10)13-9(12-7)15-2/h4-6H,3,10H2,1-2H3,(H2,11,12,13,14). The fourth-order valence-corrected chi connectivity index (χ4v) is 1.76. The number of nitrogen functional groups attached to an aromatic ring is 1. The Morgan fingerprint density at radius 1 is 1.47 bits per heavy atom. The van der Waals surface area contributed by atoms with Gasteiger partial charge in [0.15, 0.2) is 5.16 Å². The molecule has 0 aromatic carbocycles. The van der Waals surface area contributed by atoms with E-state index in [0.29, 0.717) is 11.9 Å². The lowest BCUT2D eigenvalue weighted by atomic mass is 10.4. The first-order valence-corrected chi connectivity index (χ1v) is 6.11. The number of nitrogens with one attached hydrogen (secondary N) is 2. The molecule has 15 heavy (non-hydrogen) atoms. The molecule has 0 saturated heterocycles. The molecule has 1 heterocycles. The average molecular weight is 225 g/mol. The minimum atomic E-state index is 0.556. The van der Waals surface area contributed by atoms with Crippen molar-refractivity contribution in [1.29, 1.82) is 0 Å². The molecular formula is C9H15N5S. The second-order valence-corrected chi connectivity index (χ2v) is 4.51. The quantitative estimate of drug-likeness (QED) is 0.310. The Morgan fingerprint density at radius 3 is 2.67 bits per heavy atom. The van der Waals surface area contributed by atoms with Crippen LogP contribution in [0, 0.1) is 5.92 Å². The van der Waals surface area contributed by atoms with Gasteiger partial charge in [0, 0.05) is 12.1 Å². The summed E-state index contributed by atoms with van der Waals surface area (Å²) in [5.74, 6) is 7.57. The van der Waals surface area contributed by atoms with Crippen molar-refractivity contribution >= 4 is 23.4 Å². The Morgan fingerprint density at radius 2 is 2.13 bits per heavy atom. The van der Waals surface area contributed by atoms with Gasteiger partial charge in [-0.3, -0.25) is 0 Å². The lowest BCUT2D eigenvalue weighted by Gasteiger charge is -2.07. The zero-order chi connectivity index (χ0) is 10.8. The van der Waals surface area contributed by atoms with Crippen LogP contribution >= 0.6 is 11.8 Å². The molecule has 2 rings (SSSR count). The van der Waals surface area contributed by atoms with E-state index < -0.39 is 0 Å². The largest absolute Gasteiger partial charge is 0.367 e. The number of nitrogens with zero attached hydrogens (tertiary/aromatic N) is 2. The number of aromatic nitrogens is 2. The van der Waals surface area contributed by atoms with Gasteiger partial charge < -0.3 is 10.7 Å². The second kappa shape index (κ2) is 4.24. The fraction of sp³-hybridized carbons (Fsp3) is 0.556. The lowest BCUT2D eigenvalue weighted by molar-refractivity contribution is 0.903. The Labute approximate surface area is 93.2 Å². The van der Waals surface area contributed by atoms with Gasteiger partial charge in [0.25, 0.3) is 0 Å². The average Bonchev–Trinajstić information content (AvgIpc) is 2.93. The molecule has 2 unspecified atom stereocenters. The summed E-state index contributed by atoms with van der Waals surface area (Å²) in [4.78, 5) is 8.55. The van der Waals surface area contributed by atoms with E-state index in [0.717, 1.165) is 16.9 Å². The van der Waals surface area contributed by atoms with Crippen molar-refractivity contribution in [1.82, 2.24) is 9.97 Å². The predicted molar refractivity (Wildman–Crippen MR) is 62.8 cm³/mol. The van der Waals surface area contributed by atoms with Crippen LogP contribution in [0.5, 0.6) is 0 Å². The normalized spacial score (nSPS) is 23.7. The van der Waals surface area contributed by atoms with Crippen molar-refractivity contribution in [2.24, 2.45) is 11.8 Å². The Balaban J connectivity index is 2.14. The number of anilines is 2. The van der Waals surface area contributed by atoms with Crippen molar-refractivity contribution < 1.29 is 0 Å². The third-order valence-corrected chi connectivity index (χ3v) is 3.03. The number of hydrogen-bond donors (Lipinski definition) is 3. The minimum absolute atomic E-state index is 0.556. The molecule has 1 aliphatic rings. The van der Waals surface area contributed by atoms with Crippen LogP contribution in [0.25, 0.3) is 0 Å². The molecule has 82 valence electrons. The highest BCUT2D eigenvalue weighted by molar-refractivity contribution is 7.98. The lowest BCUT2D eigenvalue weighted by Crippen LogP contribution is -2.12. The topological polar surface area (TPSA) is 75.9 Å². The van der Waals surface area contributed by atoms with Crippen molar-refractivity contribution in [2.75, 3.05) is 17.0 Å². The predicted octanol–water partition coefficient (Wildman–Crippen LogP) is 1.30. The molecule has 6 heteroatoms. The molecule has 0 aliphatic heterocycles. The summed E-state index contributed by atoms with van der Waals surface area (Å²) in [5, 5.41) is 4.08. The van der Waals surface area contributed by atoms with Gasteiger partial charge >= 0.3 is 0 Å². The smallest absolute Gasteiger partial charge is 0.191 e. The van der Waals surface area contributed by atoms with Crippen LogP contribution in [-0.2, 0) is 0 Å². The first-order chi connectivity index (χ1) is 7.22. The summed E-state index contributed by atoms with van der Waals surface area (Å²) in [6.45, 7) is 2.22. The summed E-state index contributed by atoms with van der Waals surface area (Å²) in [6.07, 6.45) is 3.16. The number of hydrogen-bond acceptors (Lipinski definition) is 6. The molecule has 1 aromatic rings. The van der Waals surface area contributed by atoms with Crippen LogP contribution in [0.3, 0.4) is 0 Å². The second-order valence-electron chi connectivity index (χ2n) is 3.73. The molecule has 4 N–H and O–H groups in total. The maximum Gasteiger partial charge on any atom is 0.191 e. The molecule has 0 amide bonds. The van der Waals surface area contributed by atoms with Gasteiger partial charge in [-0.15, -0.1) is 0 Å². The van der Waals surface area contributed by atoms with E-state index in [9.17, 15) is 0 Å². The summed E-state index contributed by atoms with van der Waals surface area (Å²) in [7, 11) is 0. The Hall–Kier alpha value is -1.01. The summed E-state index contributed by atoms with van der Waals surface area (Å²) in [5.41, 5.74) is 2.54. The van der Waals surface area contributed by atoms with Crippen LogP contribution < -0.4 is 16.6 Å². The Kier molecular flexibility index (Phi) is 2.97. The van der Waals surface area contributed by atoms with Crippen molar-refractivity contribution in [3.63, 3.8) is 0 Å². The molecule has 0 spiro atoms. The first kappa shape index (κ1) is 10.5. The number of nitrogens with two attached hydrogens (primary N) is 1. The monoisotopic (exact) mass is 225 g/mol. The van der Waals surface area contributed by atoms with E-state index in [1.807, 2.05) is 12.3 Å². The SMILES string of the molecule is CSc1nc(NN)cc(NC2CC2C)n1. The van der Waals surface area contributed by atoms with Gasteiger partial charge in [-0.1, -0.05) is 18.7 Å². The highest BCUT2D eigenvalue weighted by Gasteiger charge is 2.32. The maximum absolute atomic E-state index is 5.34. The molecule has 1 aromatic heterocycles. The molecule has 2 atom stereocenters. The van der Waals surface area contributed by atoms with Crippen LogP contribution in [0.2, 0.25) is 0 Å². The minimum Gasteiger partial charge on any atom is -0.367 e. The van der Waals surface area contributed by atoms with Gasteiger partial charge in [0.1, 0.15) is 11.6 Å². The van der Waals surface area contributed by atoms with Crippen molar-refractivity contribution in [3.05, 3.63) is 6.07 Å². The van der Waals surface area contributed by atoms with Crippen LogP contribution in [0.1, 0.15) is 13.3 Å². The molecule has 1 saturated carbocycles. The van der Waals surface area contributed by atoms with E-state index in [2.05, 4.69) is 27.6 Å². The first-order valence-electron chi connectivity index (χ1n) is 4.89. The molecular weight excluding hydrogens is 210 g/mol. The Bertz CT molecular complexity index is 334. The molecule has 5 nitrogen and oxygen atoms in total. The molecule has 1 aliphatic carbocycles. The van der Waals surface area contributed by atoms with Crippen molar-refractivity contribution in [3.8, 4) is 0 Å². The van der Waals surface area contributed by atoms with E-state index in [1.165, 1.54) is 18.2 Å². The van der Waals surface area contributed by atoms with Crippen LogP contribution in [0.15, 0.2) is 11.2 Å². The fourth-order valence-electron chi connectivity index (χ4n) is 1.38. The van der Waals surface area contributed by atoms with Crippen molar-refractivity contribution in [2.45, 2.75) is 24.5 Å². The van der Waals surface area contributed by atoms with Gasteiger partial charge in [0.05, 0.1) is 0 Å². The maximum atomic E-state index is 5.34. The van der Waals surface area contributed by atoms with Crippen LogP contribution in [-0.4, -0.2) is 22.3 Å². The van der Waals surface area contributed by atoms with Gasteiger partial charge in [-0.25, -0.2) is 15.8 Å². The van der Waals surface area contributed by atoms with Gasteiger partial charge in [0.2, 0.25) is 0 Å². The van der Waals surface area contributed by atoms with E-state index in [-0.39, 0.29) is 0 Å².